The van der Waals surface area contributed by atoms with Crippen LogP contribution in [0.25, 0.3) is 11.0 Å². The molecule has 4 nitrogen and oxygen atoms in total. The number of hydrogen-bond donors (Lipinski definition) is 1. The lowest BCUT2D eigenvalue weighted by Crippen LogP contribution is -1.94. The second-order valence-electron chi connectivity index (χ2n) is 2.13. The van der Waals surface area contributed by atoms with Gasteiger partial charge in [0, 0.05) is 6.20 Å². The largest absolute Gasteiger partial charge is 0.382 e. The summed E-state index contributed by atoms with van der Waals surface area (Å²) in [5.74, 6) is 0.426. The van der Waals surface area contributed by atoms with Crippen molar-refractivity contribution in [2.24, 2.45) is 0 Å². The molecule has 0 fully saturated rings. The molecular weight excluding hydrogens is 140 g/mol. The van der Waals surface area contributed by atoms with Gasteiger partial charge in [-0.1, -0.05) is 0 Å². The molecular formula is C7H6N4. The standard InChI is InChI=1S/C7H6N4/c8-7-6-5(10-4-11-7)2-1-3-9-6/h1-4H,(H2,8,10,11). The summed E-state index contributed by atoms with van der Waals surface area (Å²) in [6.07, 6.45) is 3.10. The van der Waals surface area contributed by atoms with E-state index in [9.17, 15) is 0 Å². The molecule has 11 heavy (non-hydrogen) atoms. The van der Waals surface area contributed by atoms with Crippen LogP contribution in [0.4, 0.5) is 5.82 Å². The molecule has 2 rings (SSSR count). The minimum Gasteiger partial charge on any atom is -0.382 e. The number of hydrogen-bond acceptors (Lipinski definition) is 4. The molecule has 0 unspecified atom stereocenters. The third-order valence-corrected chi connectivity index (χ3v) is 1.42. The first kappa shape index (κ1) is 6.03. The molecule has 0 saturated heterocycles. The molecule has 0 atom stereocenters. The number of fused-ring (bicyclic) bond motifs is 1. The molecule has 2 N–H and O–H groups in total. The number of nitrogens with zero attached hydrogens (tertiary/aromatic N) is 3. The van der Waals surface area contributed by atoms with Crippen LogP contribution in [-0.2, 0) is 0 Å². The van der Waals surface area contributed by atoms with Gasteiger partial charge in [0.25, 0.3) is 0 Å². The van der Waals surface area contributed by atoms with Crippen LogP contribution in [0.2, 0.25) is 0 Å². The Bertz CT molecular complexity index is 380. The number of rotatable bonds is 0. The maximum atomic E-state index is 5.54. The first-order chi connectivity index (χ1) is 5.38. The number of pyridine rings is 1. The lowest BCUT2D eigenvalue weighted by molar-refractivity contribution is 1.20. The Morgan fingerprint density at radius 1 is 1.18 bits per heavy atom. The highest BCUT2D eigenvalue weighted by Crippen LogP contribution is 2.10. The molecule has 0 spiro atoms. The van der Waals surface area contributed by atoms with Gasteiger partial charge in [0.2, 0.25) is 0 Å². The maximum Gasteiger partial charge on any atom is 0.153 e. The summed E-state index contributed by atoms with van der Waals surface area (Å²) in [4.78, 5) is 11.8. The van der Waals surface area contributed by atoms with Crippen molar-refractivity contribution in [1.29, 1.82) is 0 Å². The Hall–Kier alpha value is -1.71. The van der Waals surface area contributed by atoms with Gasteiger partial charge in [0.05, 0.1) is 5.52 Å². The van der Waals surface area contributed by atoms with Gasteiger partial charge in [-0.25, -0.2) is 9.97 Å². The van der Waals surface area contributed by atoms with Crippen molar-refractivity contribution in [2.45, 2.75) is 0 Å². The van der Waals surface area contributed by atoms with E-state index in [0.717, 1.165) is 5.52 Å². The van der Waals surface area contributed by atoms with Gasteiger partial charge in [0.15, 0.2) is 5.82 Å². The summed E-state index contributed by atoms with van der Waals surface area (Å²) in [5.41, 5.74) is 6.98. The van der Waals surface area contributed by atoms with Crippen molar-refractivity contribution in [2.75, 3.05) is 5.73 Å². The highest BCUT2D eigenvalue weighted by atomic mass is 14.9. The van der Waals surface area contributed by atoms with Crippen molar-refractivity contribution in [3.63, 3.8) is 0 Å². The Balaban J connectivity index is 2.91. The van der Waals surface area contributed by atoms with Crippen LogP contribution in [0.3, 0.4) is 0 Å². The zero-order chi connectivity index (χ0) is 7.68. The Morgan fingerprint density at radius 3 is 2.91 bits per heavy atom. The average Bonchev–Trinajstić information content (AvgIpc) is 2.06. The van der Waals surface area contributed by atoms with Crippen LogP contribution in [-0.4, -0.2) is 15.0 Å². The lowest BCUT2D eigenvalue weighted by atomic mass is 10.3. The van der Waals surface area contributed by atoms with Crippen molar-refractivity contribution in [1.82, 2.24) is 15.0 Å². The minimum absolute atomic E-state index is 0.426. The lowest BCUT2D eigenvalue weighted by Gasteiger charge is -1.95. The van der Waals surface area contributed by atoms with Gasteiger partial charge in [-0.2, -0.15) is 0 Å². The molecule has 2 heterocycles. The zero-order valence-electron chi connectivity index (χ0n) is 5.73. The Labute approximate surface area is 63.1 Å². The minimum atomic E-state index is 0.426. The zero-order valence-corrected chi connectivity index (χ0v) is 5.73. The molecule has 0 radical (unpaired) electrons. The monoisotopic (exact) mass is 146 g/mol. The normalized spacial score (nSPS) is 10.2. The van der Waals surface area contributed by atoms with Gasteiger partial charge in [-0.3, -0.25) is 4.98 Å². The predicted molar refractivity (Wildman–Crippen MR) is 41.7 cm³/mol. The molecule has 54 valence electrons. The highest BCUT2D eigenvalue weighted by Gasteiger charge is 1.97. The predicted octanol–water partition coefficient (Wildman–Crippen LogP) is 0.607. The smallest absolute Gasteiger partial charge is 0.153 e. The van der Waals surface area contributed by atoms with Crippen LogP contribution in [0.15, 0.2) is 24.7 Å². The third kappa shape index (κ3) is 0.881. The Kier molecular flexibility index (Phi) is 1.18. The molecule has 0 aromatic carbocycles. The van der Waals surface area contributed by atoms with Gasteiger partial charge in [-0.15, -0.1) is 0 Å². The number of nitrogen functional groups attached to an aromatic ring is 1. The first-order valence-electron chi connectivity index (χ1n) is 3.19. The summed E-state index contributed by atoms with van der Waals surface area (Å²) >= 11 is 0. The van der Waals surface area contributed by atoms with E-state index in [4.69, 9.17) is 5.73 Å². The van der Waals surface area contributed by atoms with E-state index in [0.29, 0.717) is 11.3 Å². The van der Waals surface area contributed by atoms with Gasteiger partial charge < -0.3 is 5.73 Å². The van der Waals surface area contributed by atoms with Crippen LogP contribution in [0.1, 0.15) is 0 Å². The quantitative estimate of drug-likeness (QED) is 0.591. The fraction of sp³-hybridized carbons (Fsp3) is 0. The molecule has 2 aromatic rings. The van der Waals surface area contributed by atoms with Crippen LogP contribution in [0, 0.1) is 0 Å². The SMILES string of the molecule is Nc1ncnc2cccnc12. The topological polar surface area (TPSA) is 64.7 Å². The molecule has 0 aliphatic rings. The summed E-state index contributed by atoms with van der Waals surface area (Å²) in [6.45, 7) is 0. The molecule has 0 aliphatic carbocycles. The average molecular weight is 146 g/mol. The summed E-state index contributed by atoms with van der Waals surface area (Å²) in [5, 5.41) is 0. The van der Waals surface area contributed by atoms with Gasteiger partial charge >= 0.3 is 0 Å². The van der Waals surface area contributed by atoms with Crippen molar-refractivity contribution in [3.8, 4) is 0 Å². The Morgan fingerprint density at radius 2 is 2.09 bits per heavy atom. The molecule has 0 bridgehead atoms. The van der Waals surface area contributed by atoms with Crippen LogP contribution < -0.4 is 5.73 Å². The van der Waals surface area contributed by atoms with Crippen LogP contribution in [0.5, 0.6) is 0 Å². The fourth-order valence-corrected chi connectivity index (χ4v) is 0.913. The maximum absolute atomic E-state index is 5.54. The summed E-state index contributed by atoms with van der Waals surface area (Å²) in [7, 11) is 0. The summed E-state index contributed by atoms with van der Waals surface area (Å²) in [6, 6.07) is 3.66. The van der Waals surface area contributed by atoms with Crippen LogP contribution >= 0.6 is 0 Å². The fourth-order valence-electron chi connectivity index (χ4n) is 0.913. The molecule has 0 saturated carbocycles. The van der Waals surface area contributed by atoms with Gasteiger partial charge in [0.1, 0.15) is 11.8 Å². The molecule has 2 aromatic heterocycles. The van der Waals surface area contributed by atoms with E-state index in [2.05, 4.69) is 15.0 Å². The second kappa shape index (κ2) is 2.16. The number of aromatic nitrogens is 3. The third-order valence-electron chi connectivity index (χ3n) is 1.42. The molecule has 4 heteroatoms. The van der Waals surface area contributed by atoms with Crippen molar-refractivity contribution >= 4 is 16.9 Å². The van der Waals surface area contributed by atoms with E-state index in [1.165, 1.54) is 6.33 Å². The summed E-state index contributed by atoms with van der Waals surface area (Å²) < 4.78 is 0. The van der Waals surface area contributed by atoms with E-state index in [1.54, 1.807) is 6.20 Å². The molecule has 0 amide bonds. The number of anilines is 1. The number of nitrogens with two attached hydrogens (primary N) is 1. The van der Waals surface area contributed by atoms with E-state index in [1.807, 2.05) is 12.1 Å². The van der Waals surface area contributed by atoms with Gasteiger partial charge in [-0.05, 0) is 12.1 Å². The van der Waals surface area contributed by atoms with E-state index >= 15 is 0 Å². The highest BCUT2D eigenvalue weighted by molar-refractivity contribution is 5.82. The van der Waals surface area contributed by atoms with E-state index in [-0.39, 0.29) is 0 Å². The van der Waals surface area contributed by atoms with Crippen molar-refractivity contribution in [3.05, 3.63) is 24.7 Å². The second-order valence-corrected chi connectivity index (χ2v) is 2.13. The van der Waals surface area contributed by atoms with Crippen molar-refractivity contribution < 1.29 is 0 Å². The van der Waals surface area contributed by atoms with E-state index < -0.39 is 0 Å². The molecule has 0 aliphatic heterocycles. The first-order valence-corrected chi connectivity index (χ1v) is 3.19.